The molecular weight excluding hydrogens is 259 g/mol. The van der Waals surface area contributed by atoms with Crippen LogP contribution in [0.3, 0.4) is 0 Å². The van der Waals surface area contributed by atoms with E-state index in [-0.39, 0.29) is 5.25 Å². The van der Waals surface area contributed by atoms with Gasteiger partial charge in [-0.2, -0.15) is 12.6 Å². The quantitative estimate of drug-likeness (QED) is 0.359. The number of halogens is 3. The van der Waals surface area contributed by atoms with Crippen molar-refractivity contribution >= 4 is 47.4 Å². The molecule has 0 rings (SSSR count). The molecule has 0 bridgehead atoms. The third kappa shape index (κ3) is 8.52. The van der Waals surface area contributed by atoms with Crippen LogP contribution in [-0.2, 0) is 0 Å². The smallest absolute Gasteiger partial charge is 0.171 e. The minimum absolute atomic E-state index is 0.140. The van der Waals surface area contributed by atoms with Crippen molar-refractivity contribution in [2.75, 3.05) is 0 Å². The van der Waals surface area contributed by atoms with Gasteiger partial charge in [0.1, 0.15) is 0 Å². The van der Waals surface area contributed by atoms with Gasteiger partial charge in [0.15, 0.2) is 0 Å². The maximum Gasteiger partial charge on any atom is 0.202 e. The largest absolute Gasteiger partial charge is 0.202 e. The van der Waals surface area contributed by atoms with Crippen molar-refractivity contribution in [3.8, 4) is 0 Å². The third-order valence-corrected chi connectivity index (χ3v) is 4.10. The first-order valence-corrected chi connectivity index (χ1v) is 6.88. The van der Waals surface area contributed by atoms with Gasteiger partial charge in [0.05, 0.1) is 0 Å². The predicted octanol–water partition coefficient (Wildman–Crippen LogP) is 5.41. The van der Waals surface area contributed by atoms with E-state index in [0.29, 0.717) is 0 Å². The second kappa shape index (κ2) is 8.38. The van der Waals surface area contributed by atoms with Gasteiger partial charge in [-0.05, 0) is 6.42 Å². The first kappa shape index (κ1) is 15.2. The van der Waals surface area contributed by atoms with Crippen molar-refractivity contribution < 1.29 is 0 Å². The van der Waals surface area contributed by atoms with E-state index in [1.165, 1.54) is 32.1 Å². The average Bonchev–Trinajstić information content (AvgIpc) is 2.09. The highest BCUT2D eigenvalue weighted by Crippen LogP contribution is 2.36. The summed E-state index contributed by atoms with van der Waals surface area (Å²) in [4.78, 5) is 0. The molecular formula is C10H19Cl3S. The number of hydrogen-bond donors (Lipinski definition) is 1. The number of rotatable bonds is 7. The van der Waals surface area contributed by atoms with Crippen LogP contribution in [0.4, 0.5) is 0 Å². The fourth-order valence-corrected chi connectivity index (χ4v) is 1.79. The van der Waals surface area contributed by atoms with Crippen molar-refractivity contribution in [1.29, 1.82) is 0 Å². The Balaban J connectivity index is 3.28. The summed E-state index contributed by atoms with van der Waals surface area (Å²) in [5.74, 6) is 0. The predicted molar refractivity (Wildman–Crippen MR) is 71.1 cm³/mol. The molecule has 0 spiro atoms. The van der Waals surface area contributed by atoms with E-state index in [1.54, 1.807) is 0 Å². The van der Waals surface area contributed by atoms with E-state index in [9.17, 15) is 0 Å². The number of unbranched alkanes of at least 4 members (excludes halogenated alkanes) is 5. The van der Waals surface area contributed by atoms with E-state index in [2.05, 4.69) is 19.6 Å². The Bertz CT molecular complexity index is 134. The molecule has 0 aliphatic carbocycles. The Morgan fingerprint density at radius 3 is 2.00 bits per heavy atom. The van der Waals surface area contributed by atoms with Crippen LogP contribution in [0.1, 0.15) is 51.9 Å². The Kier molecular flexibility index (Phi) is 9.11. The highest BCUT2D eigenvalue weighted by molar-refractivity contribution is 7.81. The van der Waals surface area contributed by atoms with Crippen molar-refractivity contribution in [2.45, 2.75) is 60.9 Å². The molecule has 0 saturated heterocycles. The topological polar surface area (TPSA) is 0 Å². The molecule has 86 valence electrons. The Morgan fingerprint density at radius 2 is 1.50 bits per heavy atom. The summed E-state index contributed by atoms with van der Waals surface area (Å²) in [5.41, 5.74) is 0. The highest BCUT2D eigenvalue weighted by atomic mass is 35.6. The Morgan fingerprint density at radius 1 is 1.00 bits per heavy atom. The standard InChI is InChI=1S/C10H19Cl3S/c1-2-3-4-5-6-7-8-9(14)10(11,12)13/h9,14H,2-8H2,1H3. The van der Waals surface area contributed by atoms with Gasteiger partial charge in [-0.15, -0.1) is 0 Å². The van der Waals surface area contributed by atoms with Crippen molar-refractivity contribution in [2.24, 2.45) is 0 Å². The summed E-state index contributed by atoms with van der Waals surface area (Å²) in [6.45, 7) is 2.21. The summed E-state index contributed by atoms with van der Waals surface area (Å²) in [6.07, 6.45) is 8.42. The molecule has 1 atom stereocenters. The summed E-state index contributed by atoms with van der Waals surface area (Å²) in [6, 6.07) is 0. The zero-order valence-electron chi connectivity index (χ0n) is 8.61. The molecule has 4 heteroatoms. The van der Waals surface area contributed by atoms with E-state index >= 15 is 0 Å². The van der Waals surface area contributed by atoms with E-state index in [0.717, 1.165) is 12.8 Å². The second-order valence-electron chi connectivity index (χ2n) is 3.61. The Labute approximate surface area is 108 Å². The molecule has 14 heavy (non-hydrogen) atoms. The lowest BCUT2D eigenvalue weighted by Gasteiger charge is -2.18. The van der Waals surface area contributed by atoms with Crippen LogP contribution in [-0.4, -0.2) is 9.04 Å². The minimum Gasteiger partial charge on any atom is -0.171 e. The molecule has 0 heterocycles. The summed E-state index contributed by atoms with van der Waals surface area (Å²) in [7, 11) is 0. The highest BCUT2D eigenvalue weighted by Gasteiger charge is 2.28. The summed E-state index contributed by atoms with van der Waals surface area (Å²) >= 11 is 21.4. The maximum absolute atomic E-state index is 5.70. The molecule has 0 aliphatic rings. The van der Waals surface area contributed by atoms with Crippen molar-refractivity contribution in [3.63, 3.8) is 0 Å². The molecule has 0 N–H and O–H groups in total. The molecule has 0 fully saturated rings. The normalized spacial score (nSPS) is 14.4. The fraction of sp³-hybridized carbons (Fsp3) is 1.00. The maximum atomic E-state index is 5.70. The molecule has 0 saturated carbocycles. The van der Waals surface area contributed by atoms with Crippen LogP contribution in [0.5, 0.6) is 0 Å². The van der Waals surface area contributed by atoms with Crippen LogP contribution in [0.15, 0.2) is 0 Å². The molecule has 0 amide bonds. The molecule has 0 aliphatic heterocycles. The van der Waals surface area contributed by atoms with Gasteiger partial charge in [-0.25, -0.2) is 0 Å². The number of thiol groups is 1. The summed E-state index contributed by atoms with van der Waals surface area (Å²) in [5, 5.41) is -0.140. The first-order chi connectivity index (χ1) is 6.48. The third-order valence-electron chi connectivity index (χ3n) is 2.21. The van der Waals surface area contributed by atoms with Gasteiger partial charge in [0.25, 0.3) is 0 Å². The van der Waals surface area contributed by atoms with Gasteiger partial charge >= 0.3 is 0 Å². The molecule has 0 aromatic rings. The molecule has 0 aromatic carbocycles. The molecule has 0 aromatic heterocycles. The number of hydrogen-bond acceptors (Lipinski definition) is 1. The molecule has 1 unspecified atom stereocenters. The Hall–Kier alpha value is 1.22. The monoisotopic (exact) mass is 276 g/mol. The lowest BCUT2D eigenvalue weighted by atomic mass is 10.1. The second-order valence-corrected chi connectivity index (χ2v) is 6.61. The van der Waals surface area contributed by atoms with E-state index in [1.807, 2.05) is 0 Å². The van der Waals surface area contributed by atoms with Gasteiger partial charge in [-0.3, -0.25) is 0 Å². The van der Waals surface area contributed by atoms with Crippen LogP contribution in [0.25, 0.3) is 0 Å². The van der Waals surface area contributed by atoms with Gasteiger partial charge in [0.2, 0.25) is 3.79 Å². The van der Waals surface area contributed by atoms with Crippen molar-refractivity contribution in [1.82, 2.24) is 0 Å². The van der Waals surface area contributed by atoms with Crippen LogP contribution in [0.2, 0.25) is 0 Å². The van der Waals surface area contributed by atoms with Crippen LogP contribution in [0, 0.1) is 0 Å². The van der Waals surface area contributed by atoms with Crippen LogP contribution >= 0.6 is 47.4 Å². The van der Waals surface area contributed by atoms with Gasteiger partial charge in [-0.1, -0.05) is 80.3 Å². The summed E-state index contributed by atoms with van der Waals surface area (Å²) < 4.78 is -1.22. The van der Waals surface area contributed by atoms with E-state index < -0.39 is 3.79 Å². The fourth-order valence-electron chi connectivity index (χ4n) is 1.28. The molecule has 0 nitrogen and oxygen atoms in total. The first-order valence-electron chi connectivity index (χ1n) is 5.23. The lowest BCUT2D eigenvalue weighted by molar-refractivity contribution is 0.583. The zero-order valence-corrected chi connectivity index (χ0v) is 11.8. The molecule has 0 radical (unpaired) electrons. The average molecular weight is 278 g/mol. The van der Waals surface area contributed by atoms with E-state index in [4.69, 9.17) is 34.8 Å². The van der Waals surface area contributed by atoms with Gasteiger partial charge in [0, 0.05) is 5.25 Å². The lowest BCUT2D eigenvalue weighted by Crippen LogP contribution is -2.19. The minimum atomic E-state index is -1.22. The SMILES string of the molecule is CCCCCCCCC(S)C(Cl)(Cl)Cl. The van der Waals surface area contributed by atoms with Gasteiger partial charge < -0.3 is 0 Å². The number of alkyl halides is 3. The van der Waals surface area contributed by atoms with Crippen LogP contribution < -0.4 is 0 Å². The zero-order chi connectivity index (χ0) is 11.0. The van der Waals surface area contributed by atoms with Crippen molar-refractivity contribution in [3.05, 3.63) is 0 Å².